The van der Waals surface area contributed by atoms with Crippen molar-refractivity contribution in [2.75, 3.05) is 6.54 Å². The lowest BCUT2D eigenvalue weighted by molar-refractivity contribution is -0.181. The van der Waals surface area contributed by atoms with E-state index in [9.17, 15) is 14.4 Å². The summed E-state index contributed by atoms with van der Waals surface area (Å²) in [5, 5.41) is 0.745. The van der Waals surface area contributed by atoms with Crippen molar-refractivity contribution in [2.24, 2.45) is 0 Å². The monoisotopic (exact) mass is 143 g/mol. The van der Waals surface area contributed by atoms with Crippen LogP contribution in [0.5, 0.6) is 0 Å². The summed E-state index contributed by atoms with van der Waals surface area (Å²) < 4.78 is 0. The van der Waals surface area contributed by atoms with E-state index in [0.29, 0.717) is 0 Å². The SMILES string of the molecule is O=CON1CCC(=O)C1=O. The van der Waals surface area contributed by atoms with Gasteiger partial charge in [0.15, 0.2) is 0 Å². The molecule has 0 aromatic rings. The first kappa shape index (κ1) is 6.73. The van der Waals surface area contributed by atoms with Crippen LogP contribution in [-0.4, -0.2) is 29.8 Å². The van der Waals surface area contributed by atoms with Gasteiger partial charge >= 0.3 is 12.4 Å². The van der Waals surface area contributed by atoms with Crippen LogP contribution in [0.15, 0.2) is 0 Å². The van der Waals surface area contributed by atoms with Gasteiger partial charge in [-0.05, 0) is 0 Å². The Balaban J connectivity index is 2.57. The van der Waals surface area contributed by atoms with Gasteiger partial charge in [-0.3, -0.25) is 14.4 Å². The summed E-state index contributed by atoms with van der Waals surface area (Å²) in [5.74, 6) is -1.26. The minimum absolute atomic E-state index is 0.122. The summed E-state index contributed by atoms with van der Waals surface area (Å²) >= 11 is 0. The molecule has 1 aliphatic heterocycles. The Morgan fingerprint density at radius 3 is 2.60 bits per heavy atom. The summed E-state index contributed by atoms with van der Waals surface area (Å²) in [5.41, 5.74) is 0. The molecule has 1 rings (SSSR count). The Morgan fingerprint density at radius 1 is 1.50 bits per heavy atom. The number of ketones is 1. The second-order valence-electron chi connectivity index (χ2n) is 1.78. The van der Waals surface area contributed by atoms with Crippen LogP contribution in [0.1, 0.15) is 6.42 Å². The summed E-state index contributed by atoms with van der Waals surface area (Å²) in [6.45, 7) is 0.299. The highest BCUT2D eigenvalue weighted by molar-refractivity contribution is 6.37. The molecule has 1 amide bonds. The molecule has 0 aromatic carbocycles. The fourth-order valence-electron chi connectivity index (χ4n) is 0.703. The molecule has 5 heteroatoms. The molecule has 0 aliphatic carbocycles. The Bertz CT molecular complexity index is 188. The van der Waals surface area contributed by atoms with E-state index in [4.69, 9.17) is 0 Å². The maximum Gasteiger partial charge on any atom is 0.322 e. The zero-order valence-corrected chi connectivity index (χ0v) is 5.07. The topological polar surface area (TPSA) is 63.7 Å². The quantitative estimate of drug-likeness (QED) is 0.362. The van der Waals surface area contributed by atoms with Crippen molar-refractivity contribution >= 4 is 18.2 Å². The van der Waals surface area contributed by atoms with Crippen LogP contribution in [0.25, 0.3) is 0 Å². The van der Waals surface area contributed by atoms with Crippen molar-refractivity contribution in [1.29, 1.82) is 0 Å². The van der Waals surface area contributed by atoms with Crippen LogP contribution < -0.4 is 0 Å². The third-order valence-corrected chi connectivity index (χ3v) is 1.18. The van der Waals surface area contributed by atoms with E-state index >= 15 is 0 Å². The third kappa shape index (κ3) is 0.975. The first-order valence-corrected chi connectivity index (χ1v) is 2.71. The van der Waals surface area contributed by atoms with Gasteiger partial charge < -0.3 is 4.84 Å². The van der Waals surface area contributed by atoms with E-state index in [-0.39, 0.29) is 19.4 Å². The molecular formula is C5H5NO4. The van der Waals surface area contributed by atoms with E-state index in [2.05, 4.69) is 4.84 Å². The van der Waals surface area contributed by atoms with Crippen molar-refractivity contribution < 1.29 is 19.2 Å². The maximum absolute atomic E-state index is 10.6. The minimum Gasteiger partial charge on any atom is -0.341 e. The average Bonchev–Trinajstić information content (AvgIpc) is 2.20. The highest BCUT2D eigenvalue weighted by Gasteiger charge is 2.30. The molecule has 0 spiro atoms. The van der Waals surface area contributed by atoms with Crippen molar-refractivity contribution in [3.8, 4) is 0 Å². The summed E-state index contributed by atoms with van der Waals surface area (Å²) in [7, 11) is 0. The number of amides is 1. The predicted molar refractivity (Wildman–Crippen MR) is 28.5 cm³/mol. The van der Waals surface area contributed by atoms with Crippen molar-refractivity contribution in [3.63, 3.8) is 0 Å². The molecule has 0 atom stereocenters. The summed E-state index contributed by atoms with van der Waals surface area (Å²) in [4.78, 5) is 34.9. The highest BCUT2D eigenvalue weighted by Crippen LogP contribution is 2.04. The standard InChI is InChI=1S/C5H5NO4/c7-3-10-6-2-1-4(8)5(6)9/h3H,1-2H2. The van der Waals surface area contributed by atoms with Crippen molar-refractivity contribution in [3.05, 3.63) is 0 Å². The van der Waals surface area contributed by atoms with Gasteiger partial charge in [-0.25, -0.2) is 0 Å². The largest absolute Gasteiger partial charge is 0.341 e. The average molecular weight is 143 g/mol. The van der Waals surface area contributed by atoms with Crippen molar-refractivity contribution in [2.45, 2.75) is 6.42 Å². The summed E-state index contributed by atoms with van der Waals surface area (Å²) in [6, 6.07) is 0. The second kappa shape index (κ2) is 2.47. The van der Waals surface area contributed by atoms with Gasteiger partial charge in [0.25, 0.3) is 0 Å². The first-order chi connectivity index (χ1) is 4.75. The van der Waals surface area contributed by atoms with Gasteiger partial charge in [0.05, 0.1) is 6.54 Å². The minimum atomic E-state index is -0.743. The number of Topliss-reactive ketones (excluding diaryl/α,β-unsaturated/α-hetero) is 1. The van der Waals surface area contributed by atoms with Crippen LogP contribution >= 0.6 is 0 Å². The fraction of sp³-hybridized carbons (Fsp3) is 0.400. The van der Waals surface area contributed by atoms with Gasteiger partial charge in [0.1, 0.15) is 0 Å². The number of carbonyl (C=O) groups excluding carboxylic acids is 3. The number of hydrogen-bond donors (Lipinski definition) is 0. The van der Waals surface area contributed by atoms with Crippen LogP contribution in [-0.2, 0) is 19.2 Å². The molecule has 1 heterocycles. The molecule has 54 valence electrons. The fourth-order valence-corrected chi connectivity index (χ4v) is 0.703. The lowest BCUT2D eigenvalue weighted by atomic mass is 10.3. The molecule has 1 aliphatic rings. The smallest absolute Gasteiger partial charge is 0.322 e. The van der Waals surface area contributed by atoms with Gasteiger partial charge in [0, 0.05) is 6.42 Å². The zero-order valence-electron chi connectivity index (χ0n) is 5.07. The molecule has 0 aromatic heterocycles. The molecule has 1 fully saturated rings. The highest BCUT2D eigenvalue weighted by atomic mass is 16.7. The number of hydroxylamine groups is 2. The Kier molecular flexibility index (Phi) is 1.66. The molecule has 5 nitrogen and oxygen atoms in total. The van der Waals surface area contributed by atoms with E-state index in [1.807, 2.05) is 0 Å². The van der Waals surface area contributed by atoms with Crippen LogP contribution in [0.4, 0.5) is 0 Å². The predicted octanol–water partition coefficient (Wildman–Crippen LogP) is -1.12. The second-order valence-corrected chi connectivity index (χ2v) is 1.78. The first-order valence-electron chi connectivity index (χ1n) is 2.71. The number of nitrogens with zero attached hydrogens (tertiary/aromatic N) is 1. The Morgan fingerprint density at radius 2 is 2.20 bits per heavy atom. The number of rotatable bonds is 2. The molecular weight excluding hydrogens is 138 g/mol. The Labute approximate surface area is 56.5 Å². The lowest BCUT2D eigenvalue weighted by Gasteiger charge is -2.07. The van der Waals surface area contributed by atoms with Gasteiger partial charge in [-0.2, -0.15) is 5.06 Å². The van der Waals surface area contributed by atoms with Gasteiger partial charge in [0.2, 0.25) is 5.78 Å². The molecule has 0 unspecified atom stereocenters. The maximum atomic E-state index is 10.6. The van der Waals surface area contributed by atoms with E-state index in [1.54, 1.807) is 0 Å². The normalized spacial score (nSPS) is 17.8. The molecule has 0 N–H and O–H groups in total. The lowest BCUT2D eigenvalue weighted by Crippen LogP contribution is -2.26. The molecule has 1 saturated heterocycles. The van der Waals surface area contributed by atoms with Crippen molar-refractivity contribution in [1.82, 2.24) is 5.06 Å². The van der Waals surface area contributed by atoms with Crippen LogP contribution in [0.2, 0.25) is 0 Å². The molecule has 0 bridgehead atoms. The van der Waals surface area contributed by atoms with Crippen LogP contribution in [0.3, 0.4) is 0 Å². The zero-order chi connectivity index (χ0) is 7.56. The third-order valence-electron chi connectivity index (χ3n) is 1.18. The number of carbonyl (C=O) groups is 3. The number of hydrogen-bond acceptors (Lipinski definition) is 4. The van der Waals surface area contributed by atoms with Gasteiger partial charge in [-0.1, -0.05) is 0 Å². The van der Waals surface area contributed by atoms with E-state index < -0.39 is 11.7 Å². The van der Waals surface area contributed by atoms with E-state index in [0.717, 1.165) is 5.06 Å². The summed E-state index contributed by atoms with van der Waals surface area (Å²) in [6.07, 6.45) is 0.132. The van der Waals surface area contributed by atoms with E-state index in [1.165, 1.54) is 0 Å². The molecule has 0 radical (unpaired) electrons. The molecule has 10 heavy (non-hydrogen) atoms. The van der Waals surface area contributed by atoms with Gasteiger partial charge in [-0.15, -0.1) is 0 Å². The molecule has 0 saturated carbocycles. The van der Waals surface area contributed by atoms with Crippen LogP contribution in [0, 0.1) is 0 Å². The Hall–Kier alpha value is -1.39.